The SMILES string of the molecule is CC(C)n1nc(S(=O)(=O)NC(=O)Nc2c3c(cc4c2CCC4)CCC3)cc1CN1CCC1.[HH].[HH]. The fraction of sp³-hybridized carbons (Fsp3) is 0.565. The van der Waals surface area contributed by atoms with Gasteiger partial charge in [-0.15, -0.1) is 0 Å². The van der Waals surface area contributed by atoms with Gasteiger partial charge in [-0.05, 0) is 94.1 Å². The first-order valence-corrected chi connectivity index (χ1v) is 13.1. The zero-order valence-electron chi connectivity index (χ0n) is 18.8. The quantitative estimate of drug-likeness (QED) is 0.685. The van der Waals surface area contributed by atoms with Gasteiger partial charge in [-0.25, -0.2) is 9.52 Å². The van der Waals surface area contributed by atoms with E-state index in [0.717, 1.165) is 69.4 Å². The number of likely N-dealkylation sites (tertiary alicyclic amines) is 1. The van der Waals surface area contributed by atoms with Crippen LogP contribution in [0.15, 0.2) is 17.2 Å². The molecule has 9 heteroatoms. The molecule has 2 heterocycles. The van der Waals surface area contributed by atoms with Gasteiger partial charge in [0.15, 0.2) is 5.03 Å². The first-order valence-electron chi connectivity index (χ1n) is 11.6. The van der Waals surface area contributed by atoms with Crippen LogP contribution in [0.3, 0.4) is 0 Å². The van der Waals surface area contributed by atoms with Gasteiger partial charge < -0.3 is 5.32 Å². The number of amides is 2. The van der Waals surface area contributed by atoms with Crippen LogP contribution in [0, 0.1) is 0 Å². The average Bonchev–Trinajstić information content (AvgIpc) is 3.42. The van der Waals surface area contributed by atoms with E-state index in [1.807, 2.05) is 13.8 Å². The summed E-state index contributed by atoms with van der Waals surface area (Å²) in [6.07, 6.45) is 7.18. The number of urea groups is 1. The van der Waals surface area contributed by atoms with Crippen molar-refractivity contribution in [2.24, 2.45) is 0 Å². The lowest BCUT2D eigenvalue weighted by molar-refractivity contribution is 0.166. The maximum absolute atomic E-state index is 13.0. The van der Waals surface area contributed by atoms with Gasteiger partial charge in [0, 0.05) is 27.2 Å². The number of carbonyl (C=O) groups excluding carboxylic acids is 1. The number of sulfonamides is 1. The lowest BCUT2D eigenvalue weighted by Crippen LogP contribution is -2.37. The summed E-state index contributed by atoms with van der Waals surface area (Å²) < 4.78 is 29.9. The van der Waals surface area contributed by atoms with Gasteiger partial charge in [-0.3, -0.25) is 9.58 Å². The normalized spacial score (nSPS) is 17.8. The predicted octanol–water partition coefficient (Wildman–Crippen LogP) is 3.65. The second kappa shape index (κ2) is 8.19. The molecule has 1 aromatic carbocycles. The molecule has 3 aliphatic rings. The minimum Gasteiger partial charge on any atom is -0.307 e. The molecule has 1 aromatic heterocycles. The highest BCUT2D eigenvalue weighted by Crippen LogP contribution is 2.38. The molecule has 0 atom stereocenters. The third kappa shape index (κ3) is 3.92. The molecule has 1 aliphatic heterocycles. The Kier molecular flexibility index (Phi) is 5.49. The molecule has 176 valence electrons. The van der Waals surface area contributed by atoms with E-state index in [4.69, 9.17) is 0 Å². The number of aromatic nitrogens is 2. The monoisotopic (exact) mass is 461 g/mol. The van der Waals surface area contributed by atoms with E-state index in [-0.39, 0.29) is 13.9 Å². The molecule has 0 bridgehead atoms. The summed E-state index contributed by atoms with van der Waals surface area (Å²) in [6, 6.07) is 3.18. The van der Waals surface area contributed by atoms with Crippen molar-refractivity contribution in [2.75, 3.05) is 18.4 Å². The third-order valence-electron chi connectivity index (χ3n) is 6.83. The minimum absolute atomic E-state index is 0. The fourth-order valence-electron chi connectivity index (χ4n) is 5.15. The summed E-state index contributed by atoms with van der Waals surface area (Å²) in [7, 11) is -4.08. The van der Waals surface area contributed by atoms with Crippen molar-refractivity contribution in [1.82, 2.24) is 19.4 Å². The maximum Gasteiger partial charge on any atom is 0.333 e. The van der Waals surface area contributed by atoms with Crippen molar-refractivity contribution in [1.29, 1.82) is 0 Å². The second-order valence-electron chi connectivity index (χ2n) is 9.44. The Morgan fingerprint density at radius 2 is 1.72 bits per heavy atom. The Labute approximate surface area is 192 Å². The number of fused-ring (bicyclic) bond motifs is 2. The standard InChI is InChI=1S/C23H31N5O3S.2H2/c1-15(2)28-18(14-27-10-5-11-27)13-21(25-28)32(30,31)26-23(29)24-22-19-8-3-6-16(19)12-17-7-4-9-20(17)22;;/h12-13,15H,3-11,14H2,1-2H3,(H2,24,26,29);2*1H. The molecular formula is C23H35N5O3S. The molecule has 0 unspecified atom stereocenters. The highest BCUT2D eigenvalue weighted by atomic mass is 32.2. The number of nitrogens with zero attached hydrogens (tertiary/aromatic N) is 3. The van der Waals surface area contributed by atoms with Crippen molar-refractivity contribution in [2.45, 2.75) is 76.4 Å². The number of hydrogen-bond donors (Lipinski definition) is 2. The molecule has 0 spiro atoms. The van der Waals surface area contributed by atoms with Gasteiger partial charge in [0.05, 0.1) is 5.69 Å². The molecule has 2 amide bonds. The van der Waals surface area contributed by atoms with Crippen LogP contribution in [-0.2, 0) is 42.3 Å². The van der Waals surface area contributed by atoms with Gasteiger partial charge >= 0.3 is 6.03 Å². The van der Waals surface area contributed by atoms with E-state index in [2.05, 4.69) is 26.1 Å². The van der Waals surface area contributed by atoms with Crippen LogP contribution in [0.5, 0.6) is 0 Å². The van der Waals surface area contributed by atoms with Gasteiger partial charge in [0.1, 0.15) is 0 Å². The highest BCUT2D eigenvalue weighted by Gasteiger charge is 2.28. The number of aryl methyl sites for hydroxylation is 2. The van der Waals surface area contributed by atoms with Crippen LogP contribution in [0.25, 0.3) is 0 Å². The first-order chi connectivity index (χ1) is 15.3. The van der Waals surface area contributed by atoms with Crippen LogP contribution >= 0.6 is 0 Å². The molecule has 0 radical (unpaired) electrons. The summed E-state index contributed by atoms with van der Waals surface area (Å²) >= 11 is 0. The average molecular weight is 462 g/mol. The van der Waals surface area contributed by atoms with E-state index < -0.39 is 16.1 Å². The van der Waals surface area contributed by atoms with Crippen LogP contribution < -0.4 is 10.0 Å². The highest BCUT2D eigenvalue weighted by molar-refractivity contribution is 7.90. The Bertz CT molecular complexity index is 1140. The largest absolute Gasteiger partial charge is 0.333 e. The van der Waals surface area contributed by atoms with Crippen LogP contribution in [0.1, 0.15) is 70.0 Å². The molecule has 2 aliphatic carbocycles. The number of benzene rings is 1. The van der Waals surface area contributed by atoms with E-state index in [1.54, 1.807) is 10.7 Å². The Balaban J connectivity index is 0.00000162. The molecule has 2 N–H and O–H groups in total. The van der Waals surface area contributed by atoms with Gasteiger partial charge in [0.2, 0.25) is 0 Å². The van der Waals surface area contributed by atoms with Gasteiger partial charge in [0.25, 0.3) is 10.0 Å². The Morgan fingerprint density at radius 1 is 1.06 bits per heavy atom. The molecule has 2 aromatic rings. The molecule has 1 fully saturated rings. The lowest BCUT2D eigenvalue weighted by atomic mass is 9.99. The fourth-order valence-corrected chi connectivity index (χ4v) is 6.04. The lowest BCUT2D eigenvalue weighted by Gasteiger charge is -2.30. The van der Waals surface area contributed by atoms with Crippen molar-refractivity contribution in [3.8, 4) is 0 Å². The predicted molar refractivity (Wildman–Crippen MR) is 127 cm³/mol. The van der Waals surface area contributed by atoms with Crippen molar-refractivity contribution in [3.63, 3.8) is 0 Å². The van der Waals surface area contributed by atoms with E-state index >= 15 is 0 Å². The zero-order valence-corrected chi connectivity index (χ0v) is 19.6. The summed E-state index contributed by atoms with van der Waals surface area (Å²) in [6.45, 7) is 6.63. The van der Waals surface area contributed by atoms with Crippen LogP contribution in [0.2, 0.25) is 0 Å². The maximum atomic E-state index is 13.0. The molecule has 32 heavy (non-hydrogen) atoms. The van der Waals surface area contributed by atoms with E-state index in [9.17, 15) is 13.2 Å². The van der Waals surface area contributed by atoms with E-state index in [1.165, 1.54) is 22.3 Å². The summed E-state index contributed by atoms with van der Waals surface area (Å²) in [5.74, 6) is 0. The molecule has 0 saturated carbocycles. The minimum atomic E-state index is -4.08. The number of anilines is 1. The number of rotatable bonds is 6. The molecular weight excluding hydrogens is 426 g/mol. The summed E-state index contributed by atoms with van der Waals surface area (Å²) in [5, 5.41) is 7.11. The summed E-state index contributed by atoms with van der Waals surface area (Å²) in [5.41, 5.74) is 6.58. The number of hydrogen-bond acceptors (Lipinski definition) is 5. The van der Waals surface area contributed by atoms with E-state index in [0.29, 0.717) is 6.54 Å². The Morgan fingerprint density at radius 3 is 2.28 bits per heavy atom. The molecule has 1 saturated heterocycles. The number of carbonyl (C=O) groups is 1. The summed E-state index contributed by atoms with van der Waals surface area (Å²) in [4.78, 5) is 15.1. The Hall–Kier alpha value is -2.39. The van der Waals surface area contributed by atoms with Crippen LogP contribution in [0.4, 0.5) is 10.5 Å². The van der Waals surface area contributed by atoms with Crippen molar-refractivity contribution >= 4 is 21.7 Å². The number of nitrogens with one attached hydrogen (secondary N) is 2. The van der Waals surface area contributed by atoms with Crippen LogP contribution in [-0.4, -0.2) is 42.2 Å². The molecule has 8 nitrogen and oxygen atoms in total. The van der Waals surface area contributed by atoms with Crippen molar-refractivity contribution in [3.05, 3.63) is 40.1 Å². The topological polar surface area (TPSA) is 96.3 Å². The first kappa shape index (κ1) is 21.5. The van der Waals surface area contributed by atoms with Gasteiger partial charge in [-0.2, -0.15) is 13.5 Å². The second-order valence-corrected chi connectivity index (χ2v) is 11.1. The zero-order chi connectivity index (χ0) is 22.5. The van der Waals surface area contributed by atoms with Crippen molar-refractivity contribution < 1.29 is 16.1 Å². The molecule has 5 rings (SSSR count). The smallest absolute Gasteiger partial charge is 0.307 e. The third-order valence-corrected chi connectivity index (χ3v) is 8.03. The van der Waals surface area contributed by atoms with Gasteiger partial charge in [-0.1, -0.05) is 6.07 Å².